The molecule has 0 aliphatic carbocycles. The third kappa shape index (κ3) is 6.79. The summed E-state index contributed by atoms with van der Waals surface area (Å²) in [5.74, 6) is -1.43. The maximum absolute atomic E-state index is 13.9. The summed E-state index contributed by atoms with van der Waals surface area (Å²) in [4.78, 5) is 13.0. The molecule has 1 saturated heterocycles. The van der Waals surface area contributed by atoms with Gasteiger partial charge < -0.3 is 9.84 Å². The van der Waals surface area contributed by atoms with Crippen molar-refractivity contribution < 1.29 is 23.4 Å². The van der Waals surface area contributed by atoms with Crippen LogP contribution in [0.5, 0.6) is 5.75 Å². The molecule has 0 atom stereocenters. The van der Waals surface area contributed by atoms with Crippen molar-refractivity contribution in [1.29, 1.82) is 0 Å². The van der Waals surface area contributed by atoms with Crippen molar-refractivity contribution in [3.8, 4) is 5.75 Å². The summed E-state index contributed by atoms with van der Waals surface area (Å²) in [7, 11) is 0. The number of aliphatic carboxylic acids is 1. The molecule has 1 fully saturated rings. The van der Waals surface area contributed by atoms with Crippen molar-refractivity contribution in [2.45, 2.75) is 33.2 Å². The highest BCUT2D eigenvalue weighted by Gasteiger charge is 2.32. The molecule has 0 saturated carbocycles. The van der Waals surface area contributed by atoms with Gasteiger partial charge in [-0.25, -0.2) is 8.78 Å². The first-order valence-corrected chi connectivity index (χ1v) is 12.2. The monoisotopic (exact) mass is 491 g/mol. The van der Waals surface area contributed by atoms with Crippen LogP contribution in [0.25, 0.3) is 11.6 Å². The quantitative estimate of drug-likeness (QED) is 0.260. The van der Waals surface area contributed by atoms with E-state index in [1.807, 2.05) is 49.4 Å². The first kappa shape index (κ1) is 25.6. The Hall–Kier alpha value is -3.51. The Morgan fingerprint density at radius 3 is 2.33 bits per heavy atom. The molecule has 36 heavy (non-hydrogen) atoms. The molecule has 3 aromatic rings. The van der Waals surface area contributed by atoms with Crippen LogP contribution in [0.4, 0.5) is 8.78 Å². The molecule has 0 bridgehead atoms. The van der Waals surface area contributed by atoms with E-state index in [-0.39, 0.29) is 5.92 Å². The van der Waals surface area contributed by atoms with Crippen LogP contribution < -0.4 is 4.74 Å². The lowest BCUT2D eigenvalue weighted by atomic mass is 9.97. The summed E-state index contributed by atoms with van der Waals surface area (Å²) in [6, 6.07) is 17.6. The number of hydrogen-bond donors (Lipinski definition) is 1. The second-order valence-corrected chi connectivity index (χ2v) is 9.50. The standard InChI is InChI=1S/C30H31F2NO3/c1-20-5-6-23(12-21(20)2)13-24(25-14-27(31)16-28(32)15-25)4-3-11-36-29-9-7-22(8-10-29)17-33-18-26(19-33)30(34)35/h5-10,12-16,26H,3-4,11,17-19H2,1-2H3,(H,34,35)/b24-13+. The number of rotatable bonds is 10. The maximum atomic E-state index is 13.9. The van der Waals surface area contributed by atoms with E-state index in [1.165, 1.54) is 17.7 Å². The van der Waals surface area contributed by atoms with Crippen LogP contribution in [0.3, 0.4) is 0 Å². The molecule has 0 unspecified atom stereocenters. The fourth-order valence-corrected chi connectivity index (χ4v) is 4.35. The van der Waals surface area contributed by atoms with Gasteiger partial charge in [-0.1, -0.05) is 36.4 Å². The lowest BCUT2D eigenvalue weighted by Crippen LogP contribution is -2.49. The molecule has 4 nitrogen and oxygen atoms in total. The zero-order valence-electron chi connectivity index (χ0n) is 20.6. The summed E-state index contributed by atoms with van der Waals surface area (Å²) >= 11 is 0. The summed E-state index contributed by atoms with van der Waals surface area (Å²) in [6.07, 6.45) is 3.27. The van der Waals surface area contributed by atoms with Crippen molar-refractivity contribution in [2.75, 3.05) is 19.7 Å². The van der Waals surface area contributed by atoms with E-state index in [4.69, 9.17) is 9.84 Å². The molecular weight excluding hydrogens is 460 g/mol. The summed E-state index contributed by atoms with van der Waals surface area (Å²) in [6.45, 7) is 6.45. The minimum Gasteiger partial charge on any atom is -0.494 e. The van der Waals surface area contributed by atoms with Crippen LogP contribution in [0.1, 0.15) is 40.7 Å². The number of likely N-dealkylation sites (tertiary alicyclic amines) is 1. The van der Waals surface area contributed by atoms with Crippen molar-refractivity contribution in [3.05, 3.63) is 100 Å². The van der Waals surface area contributed by atoms with E-state index in [9.17, 15) is 13.6 Å². The normalized spacial score (nSPS) is 14.5. The van der Waals surface area contributed by atoms with Gasteiger partial charge in [0.05, 0.1) is 12.5 Å². The molecule has 1 heterocycles. The smallest absolute Gasteiger partial charge is 0.309 e. The van der Waals surface area contributed by atoms with E-state index in [0.717, 1.165) is 40.6 Å². The minimum atomic E-state index is -0.732. The van der Waals surface area contributed by atoms with Gasteiger partial charge in [-0.2, -0.15) is 0 Å². The van der Waals surface area contributed by atoms with E-state index >= 15 is 0 Å². The fraction of sp³-hybridized carbons (Fsp3) is 0.300. The number of ether oxygens (including phenoxy) is 1. The van der Waals surface area contributed by atoms with Gasteiger partial charge in [0.1, 0.15) is 17.4 Å². The predicted molar refractivity (Wildman–Crippen MR) is 138 cm³/mol. The average Bonchev–Trinajstić information content (AvgIpc) is 2.80. The van der Waals surface area contributed by atoms with E-state index in [2.05, 4.69) is 17.9 Å². The second-order valence-electron chi connectivity index (χ2n) is 9.50. The van der Waals surface area contributed by atoms with Crippen molar-refractivity contribution >= 4 is 17.6 Å². The van der Waals surface area contributed by atoms with E-state index < -0.39 is 17.6 Å². The van der Waals surface area contributed by atoms with Gasteiger partial charge in [0.25, 0.3) is 0 Å². The Morgan fingerprint density at radius 1 is 1.00 bits per heavy atom. The lowest BCUT2D eigenvalue weighted by Gasteiger charge is -2.36. The first-order chi connectivity index (χ1) is 17.3. The fourth-order valence-electron chi connectivity index (χ4n) is 4.35. The zero-order chi connectivity index (χ0) is 25.7. The summed E-state index contributed by atoms with van der Waals surface area (Å²) < 4.78 is 33.8. The van der Waals surface area contributed by atoms with Gasteiger partial charge in [0.15, 0.2) is 0 Å². The van der Waals surface area contributed by atoms with Crippen LogP contribution >= 0.6 is 0 Å². The minimum absolute atomic E-state index is 0.259. The molecule has 0 amide bonds. The average molecular weight is 492 g/mol. The molecule has 4 rings (SSSR count). The molecule has 0 radical (unpaired) electrons. The topological polar surface area (TPSA) is 49.8 Å². The van der Waals surface area contributed by atoms with Gasteiger partial charge in [-0.15, -0.1) is 0 Å². The van der Waals surface area contributed by atoms with E-state index in [0.29, 0.717) is 38.1 Å². The molecule has 188 valence electrons. The Bertz CT molecular complexity index is 1230. The highest BCUT2D eigenvalue weighted by atomic mass is 19.1. The lowest BCUT2D eigenvalue weighted by molar-refractivity contribution is -0.147. The molecule has 1 aliphatic heterocycles. The second kappa shape index (κ2) is 11.5. The highest BCUT2D eigenvalue weighted by molar-refractivity contribution is 5.81. The Labute approximate surface area is 210 Å². The molecule has 1 aliphatic rings. The van der Waals surface area contributed by atoms with Gasteiger partial charge >= 0.3 is 5.97 Å². The molecule has 0 aromatic heterocycles. The van der Waals surface area contributed by atoms with Gasteiger partial charge in [0.2, 0.25) is 0 Å². The Morgan fingerprint density at radius 2 is 1.69 bits per heavy atom. The number of carboxylic acids is 1. The largest absolute Gasteiger partial charge is 0.494 e. The molecule has 0 spiro atoms. The Balaban J connectivity index is 1.35. The summed E-state index contributed by atoms with van der Waals surface area (Å²) in [5.41, 5.74) is 5.84. The molecule has 3 aromatic carbocycles. The molecular formula is C30H31F2NO3. The van der Waals surface area contributed by atoms with E-state index in [1.54, 1.807) is 0 Å². The van der Waals surface area contributed by atoms with Crippen LogP contribution in [0, 0.1) is 31.4 Å². The number of carboxylic acid groups (broad SMARTS) is 1. The van der Waals surface area contributed by atoms with Crippen molar-refractivity contribution in [1.82, 2.24) is 4.90 Å². The third-order valence-electron chi connectivity index (χ3n) is 6.60. The third-order valence-corrected chi connectivity index (χ3v) is 6.60. The number of aryl methyl sites for hydroxylation is 2. The van der Waals surface area contributed by atoms with Crippen molar-refractivity contribution in [3.63, 3.8) is 0 Å². The predicted octanol–water partition coefficient (Wildman–Crippen LogP) is 6.50. The highest BCUT2D eigenvalue weighted by Crippen LogP contribution is 2.26. The van der Waals surface area contributed by atoms with Gasteiger partial charge in [-0.3, -0.25) is 9.69 Å². The maximum Gasteiger partial charge on any atom is 0.309 e. The number of allylic oxidation sites excluding steroid dienone is 1. The number of halogens is 2. The van der Waals surface area contributed by atoms with Crippen LogP contribution in [-0.4, -0.2) is 35.7 Å². The number of benzene rings is 3. The van der Waals surface area contributed by atoms with Gasteiger partial charge in [-0.05, 0) is 84.3 Å². The van der Waals surface area contributed by atoms with Crippen LogP contribution in [0.2, 0.25) is 0 Å². The molecule has 1 N–H and O–H groups in total. The zero-order valence-corrected chi connectivity index (χ0v) is 20.6. The number of hydrogen-bond acceptors (Lipinski definition) is 3. The molecule has 6 heteroatoms. The Kier molecular flexibility index (Phi) is 8.16. The number of nitrogens with zero attached hydrogens (tertiary/aromatic N) is 1. The first-order valence-electron chi connectivity index (χ1n) is 12.2. The van der Waals surface area contributed by atoms with Gasteiger partial charge in [0, 0.05) is 25.7 Å². The summed E-state index contributed by atoms with van der Waals surface area (Å²) in [5, 5.41) is 8.99. The van der Waals surface area contributed by atoms with Crippen LogP contribution in [0.15, 0.2) is 60.7 Å². The van der Waals surface area contributed by atoms with Crippen LogP contribution in [-0.2, 0) is 11.3 Å². The number of carbonyl (C=O) groups is 1. The van der Waals surface area contributed by atoms with Crippen molar-refractivity contribution in [2.24, 2.45) is 5.92 Å². The SMILES string of the molecule is Cc1ccc(/C=C(\CCCOc2ccc(CN3CC(C(=O)O)C3)cc2)c2cc(F)cc(F)c2)cc1C.